The van der Waals surface area contributed by atoms with E-state index in [2.05, 4.69) is 5.32 Å². The molecule has 0 saturated carbocycles. The van der Waals surface area contributed by atoms with Crippen molar-refractivity contribution in [2.45, 2.75) is 56.8 Å². The van der Waals surface area contributed by atoms with Crippen LogP contribution >= 0.6 is 11.6 Å². The van der Waals surface area contributed by atoms with Gasteiger partial charge in [-0.3, -0.25) is 13.9 Å². The lowest BCUT2D eigenvalue weighted by Crippen LogP contribution is -2.52. The summed E-state index contributed by atoms with van der Waals surface area (Å²) in [6, 6.07) is 16.5. The number of rotatable bonds is 13. The predicted molar refractivity (Wildman–Crippen MR) is 156 cm³/mol. The summed E-state index contributed by atoms with van der Waals surface area (Å²) in [4.78, 5) is 28.2. The second kappa shape index (κ2) is 14.6. The molecule has 2 amide bonds. The molecular weight excluding hydrogens is 591 g/mol. The number of halogens is 4. The second-order valence-electron chi connectivity index (χ2n) is 9.59. The second-order valence-corrected chi connectivity index (χ2v) is 11.9. The van der Waals surface area contributed by atoms with Gasteiger partial charge in [0.25, 0.3) is 10.0 Å². The lowest BCUT2D eigenvalue weighted by molar-refractivity contribution is -0.140. The van der Waals surface area contributed by atoms with Crippen molar-refractivity contribution in [2.24, 2.45) is 0 Å². The molecule has 0 unspecified atom stereocenters. The lowest BCUT2D eigenvalue weighted by atomic mass is 10.1. The van der Waals surface area contributed by atoms with Crippen molar-refractivity contribution in [3.05, 3.63) is 95.0 Å². The summed E-state index contributed by atoms with van der Waals surface area (Å²) in [6.45, 7) is 3.18. The van der Waals surface area contributed by atoms with Crippen LogP contribution in [0.25, 0.3) is 0 Å². The van der Waals surface area contributed by atoms with E-state index < -0.39 is 46.2 Å². The lowest BCUT2D eigenvalue weighted by Gasteiger charge is -2.33. The summed E-state index contributed by atoms with van der Waals surface area (Å²) in [5.41, 5.74) is -0.779. The number of hydrogen-bond donors (Lipinski definition) is 1. The molecule has 0 spiro atoms. The molecule has 1 N–H and O–H groups in total. The van der Waals surface area contributed by atoms with Gasteiger partial charge in [0.15, 0.2) is 0 Å². The van der Waals surface area contributed by atoms with Gasteiger partial charge in [-0.15, -0.1) is 0 Å². The number of amides is 2. The molecule has 0 aliphatic heterocycles. The molecule has 0 saturated heterocycles. The van der Waals surface area contributed by atoms with Crippen molar-refractivity contribution >= 4 is 39.1 Å². The van der Waals surface area contributed by atoms with Crippen LogP contribution in [0.15, 0.2) is 83.8 Å². The maximum Gasteiger partial charge on any atom is 0.416 e. The monoisotopic (exact) mass is 623 g/mol. The highest BCUT2D eigenvalue weighted by atomic mass is 35.5. The molecule has 12 heteroatoms. The Morgan fingerprint density at radius 3 is 2.21 bits per heavy atom. The SMILES string of the molecule is CCCCNC(=O)[C@@H](CC)N(Cc1ccc(Cl)cc1)C(=O)CN(c1cccc(C(F)(F)F)c1)S(=O)(=O)c1ccccc1. The molecule has 0 aromatic heterocycles. The molecule has 226 valence electrons. The molecule has 0 radical (unpaired) electrons. The molecule has 42 heavy (non-hydrogen) atoms. The van der Waals surface area contributed by atoms with E-state index >= 15 is 0 Å². The maximum absolute atomic E-state index is 14.0. The third-order valence-corrected chi connectivity index (χ3v) is 8.59. The largest absolute Gasteiger partial charge is 0.416 e. The number of anilines is 1. The zero-order valence-electron chi connectivity index (χ0n) is 23.3. The van der Waals surface area contributed by atoms with Gasteiger partial charge >= 0.3 is 6.18 Å². The van der Waals surface area contributed by atoms with E-state index in [4.69, 9.17) is 11.6 Å². The fourth-order valence-corrected chi connectivity index (χ4v) is 5.85. The number of nitrogens with zero attached hydrogens (tertiary/aromatic N) is 2. The Bertz CT molecular complexity index is 1450. The van der Waals surface area contributed by atoms with Crippen LogP contribution in [0.3, 0.4) is 0 Å². The maximum atomic E-state index is 14.0. The van der Waals surface area contributed by atoms with Crippen molar-refractivity contribution in [1.82, 2.24) is 10.2 Å². The van der Waals surface area contributed by atoms with Crippen molar-refractivity contribution in [2.75, 3.05) is 17.4 Å². The topological polar surface area (TPSA) is 86.8 Å². The average Bonchev–Trinajstić information content (AvgIpc) is 2.96. The third-order valence-electron chi connectivity index (χ3n) is 6.55. The zero-order valence-corrected chi connectivity index (χ0v) is 24.8. The molecule has 7 nitrogen and oxygen atoms in total. The fourth-order valence-electron chi connectivity index (χ4n) is 4.30. The van der Waals surface area contributed by atoms with Gasteiger partial charge < -0.3 is 10.2 Å². The van der Waals surface area contributed by atoms with Crippen LogP contribution in [0, 0.1) is 0 Å². The minimum atomic E-state index is -4.74. The first-order valence-electron chi connectivity index (χ1n) is 13.4. The molecule has 0 aliphatic carbocycles. The summed E-state index contributed by atoms with van der Waals surface area (Å²) in [6.07, 6.45) is -2.96. The van der Waals surface area contributed by atoms with Gasteiger partial charge in [-0.2, -0.15) is 13.2 Å². The van der Waals surface area contributed by atoms with Gasteiger partial charge in [-0.05, 0) is 60.9 Å². The molecule has 0 heterocycles. The van der Waals surface area contributed by atoms with Crippen molar-refractivity contribution in [3.63, 3.8) is 0 Å². The van der Waals surface area contributed by atoms with Crippen molar-refractivity contribution in [3.8, 4) is 0 Å². The Hall–Kier alpha value is -3.57. The summed E-state index contributed by atoms with van der Waals surface area (Å²) in [5.74, 6) is -1.18. The quantitative estimate of drug-likeness (QED) is 0.227. The van der Waals surface area contributed by atoms with Gasteiger partial charge in [0.2, 0.25) is 11.8 Å². The van der Waals surface area contributed by atoms with Crippen LogP contribution < -0.4 is 9.62 Å². The number of benzene rings is 3. The number of hydrogen-bond acceptors (Lipinski definition) is 4. The van der Waals surface area contributed by atoms with Gasteiger partial charge in [-0.25, -0.2) is 8.42 Å². The smallest absolute Gasteiger partial charge is 0.354 e. The van der Waals surface area contributed by atoms with E-state index in [1.54, 1.807) is 37.3 Å². The van der Waals surface area contributed by atoms with Crippen LogP contribution in [-0.4, -0.2) is 44.3 Å². The normalized spacial score (nSPS) is 12.4. The minimum Gasteiger partial charge on any atom is -0.354 e. The van der Waals surface area contributed by atoms with Gasteiger partial charge in [0.1, 0.15) is 12.6 Å². The number of carbonyl (C=O) groups is 2. The van der Waals surface area contributed by atoms with Crippen LogP contribution in [0.5, 0.6) is 0 Å². The molecule has 0 bridgehead atoms. The highest BCUT2D eigenvalue weighted by molar-refractivity contribution is 7.92. The summed E-state index contributed by atoms with van der Waals surface area (Å²) < 4.78 is 68.9. The molecule has 3 aromatic rings. The van der Waals surface area contributed by atoms with Gasteiger partial charge in [0, 0.05) is 18.1 Å². The Morgan fingerprint density at radius 1 is 0.952 bits per heavy atom. The molecular formula is C30H33ClF3N3O4S. The van der Waals surface area contributed by atoms with Crippen LogP contribution in [0.2, 0.25) is 5.02 Å². The summed E-state index contributed by atoms with van der Waals surface area (Å²) >= 11 is 6.01. The Balaban J connectivity index is 2.08. The van der Waals surface area contributed by atoms with E-state index in [0.29, 0.717) is 27.5 Å². The number of unbranched alkanes of at least 4 members (excludes halogenated alkanes) is 1. The highest BCUT2D eigenvalue weighted by Gasteiger charge is 2.35. The molecule has 0 aliphatic rings. The van der Waals surface area contributed by atoms with Gasteiger partial charge in [0.05, 0.1) is 16.1 Å². The third kappa shape index (κ3) is 8.48. The first kappa shape index (κ1) is 32.9. The predicted octanol–water partition coefficient (Wildman–Crippen LogP) is 6.28. The minimum absolute atomic E-state index is 0.0580. The van der Waals surface area contributed by atoms with E-state index in [9.17, 15) is 31.2 Å². The number of carbonyl (C=O) groups excluding carboxylic acids is 2. The molecule has 0 fully saturated rings. The number of alkyl halides is 3. The molecule has 3 rings (SSSR count). The van der Waals surface area contributed by atoms with E-state index in [1.807, 2.05) is 6.92 Å². The summed E-state index contributed by atoms with van der Waals surface area (Å²) in [5, 5.41) is 3.28. The fraction of sp³-hybridized carbons (Fsp3) is 0.333. The standard InChI is InChI=1S/C30H33ClF3N3O4S/c1-3-5-18-35-29(39)27(4-2)36(20-22-14-16-24(31)17-15-22)28(38)21-37(42(40,41)26-12-7-6-8-13-26)25-11-9-10-23(19-25)30(32,33)34/h6-17,19,27H,3-5,18,20-21H2,1-2H3,(H,35,39)/t27-/m1/s1. The van der Waals surface area contributed by atoms with Crippen LogP contribution in [0.4, 0.5) is 18.9 Å². The van der Waals surface area contributed by atoms with Gasteiger partial charge in [-0.1, -0.05) is 68.3 Å². The Kier molecular flexibility index (Phi) is 11.4. The first-order valence-corrected chi connectivity index (χ1v) is 15.3. The average molecular weight is 624 g/mol. The zero-order chi connectivity index (χ0) is 30.9. The molecule has 1 atom stereocenters. The van der Waals surface area contributed by atoms with Crippen LogP contribution in [-0.2, 0) is 32.3 Å². The van der Waals surface area contributed by atoms with E-state index in [-0.39, 0.29) is 23.5 Å². The highest BCUT2D eigenvalue weighted by Crippen LogP contribution is 2.33. The summed E-state index contributed by atoms with van der Waals surface area (Å²) in [7, 11) is -4.49. The number of sulfonamides is 1. The van der Waals surface area contributed by atoms with Crippen LogP contribution in [0.1, 0.15) is 44.2 Å². The molecule has 3 aromatic carbocycles. The van der Waals surface area contributed by atoms with E-state index in [0.717, 1.165) is 25.0 Å². The van der Waals surface area contributed by atoms with Crippen molar-refractivity contribution < 1.29 is 31.2 Å². The van der Waals surface area contributed by atoms with Crippen molar-refractivity contribution in [1.29, 1.82) is 0 Å². The Labute approximate surface area is 249 Å². The Morgan fingerprint density at radius 2 is 1.62 bits per heavy atom. The number of nitrogens with one attached hydrogen (secondary N) is 1. The van der Waals surface area contributed by atoms with E-state index in [1.165, 1.54) is 35.2 Å². The first-order chi connectivity index (χ1) is 19.9.